The number of benzene rings is 3. The lowest BCUT2D eigenvalue weighted by molar-refractivity contribution is -0.118. The fourth-order valence-electron chi connectivity index (χ4n) is 7.02. The number of halogens is 1. The highest BCUT2D eigenvalue weighted by molar-refractivity contribution is 7.99. The summed E-state index contributed by atoms with van der Waals surface area (Å²) in [4.78, 5) is 16.4. The minimum Gasteiger partial charge on any atom is -0.490 e. The number of carbonyl (C=O) groups excluding carboxylic acids is 1. The summed E-state index contributed by atoms with van der Waals surface area (Å²) in [6, 6.07) is 19.1. The summed E-state index contributed by atoms with van der Waals surface area (Å²) < 4.78 is 35.7. The lowest BCUT2D eigenvalue weighted by Gasteiger charge is -2.44. The zero-order valence-corrected chi connectivity index (χ0v) is 25.2. The summed E-state index contributed by atoms with van der Waals surface area (Å²) in [5, 5.41) is 0.751. The molecule has 0 unspecified atom stereocenters. The van der Waals surface area contributed by atoms with Gasteiger partial charge in [-0.2, -0.15) is 0 Å². The molecule has 2 heterocycles. The maximum Gasteiger partial charge on any atom is 0.264 e. The van der Waals surface area contributed by atoms with Crippen LogP contribution in [0.3, 0.4) is 0 Å². The van der Waals surface area contributed by atoms with Gasteiger partial charge in [0.25, 0.3) is 10.0 Å². The van der Waals surface area contributed by atoms with Gasteiger partial charge in [-0.25, -0.2) is 13.1 Å². The molecule has 4 aliphatic rings. The third-order valence-corrected chi connectivity index (χ3v) is 12.1. The van der Waals surface area contributed by atoms with E-state index in [2.05, 4.69) is 27.8 Å². The summed E-state index contributed by atoms with van der Waals surface area (Å²) in [6.07, 6.45) is 5.40. The van der Waals surface area contributed by atoms with Gasteiger partial charge in [0.2, 0.25) is 5.91 Å². The zero-order valence-electron chi connectivity index (χ0n) is 22.8. The number of rotatable bonds is 0. The fraction of sp³-hybridized carbons (Fsp3) is 0.406. The number of ether oxygens (including phenoxy) is 1. The molecule has 1 amide bonds. The molecule has 2 aliphatic heterocycles. The van der Waals surface area contributed by atoms with Crippen LogP contribution in [0.5, 0.6) is 5.75 Å². The maximum atomic E-state index is 13.4. The van der Waals surface area contributed by atoms with E-state index in [0.717, 1.165) is 65.7 Å². The Kier molecular flexibility index (Phi) is 6.99. The number of fused-ring (bicyclic) bond motifs is 6. The molecule has 0 saturated heterocycles. The van der Waals surface area contributed by atoms with Gasteiger partial charge in [0.05, 0.1) is 23.6 Å². The number of hydrogen-bond donors (Lipinski definition) is 1. The molecule has 1 fully saturated rings. The lowest BCUT2D eigenvalue weighted by atomic mass is 9.69. The monoisotopic (exact) mass is 608 g/mol. The van der Waals surface area contributed by atoms with Crippen LogP contribution in [0.4, 0.5) is 5.69 Å². The molecule has 3 atom stereocenters. The van der Waals surface area contributed by atoms with Gasteiger partial charge in [-0.3, -0.25) is 4.79 Å². The van der Waals surface area contributed by atoms with Gasteiger partial charge < -0.3 is 9.64 Å². The number of hydrogen-bond acceptors (Lipinski definition) is 6. The Morgan fingerprint density at radius 3 is 2.78 bits per heavy atom. The first-order chi connectivity index (χ1) is 19.8. The van der Waals surface area contributed by atoms with Gasteiger partial charge in [-0.1, -0.05) is 29.8 Å². The summed E-state index contributed by atoms with van der Waals surface area (Å²) in [7, 11) is -4.06. The van der Waals surface area contributed by atoms with Crippen LogP contribution < -0.4 is 14.4 Å². The highest BCUT2D eigenvalue weighted by atomic mass is 35.5. The van der Waals surface area contributed by atoms with Crippen molar-refractivity contribution in [1.82, 2.24) is 4.72 Å². The first-order valence-electron chi connectivity index (χ1n) is 14.4. The van der Waals surface area contributed by atoms with Crippen LogP contribution in [-0.4, -0.2) is 39.8 Å². The van der Waals surface area contributed by atoms with Gasteiger partial charge in [-0.15, -0.1) is 11.8 Å². The minimum absolute atomic E-state index is 0.00576. The van der Waals surface area contributed by atoms with Crippen molar-refractivity contribution in [3.05, 3.63) is 82.4 Å². The molecule has 7 rings (SSSR count). The van der Waals surface area contributed by atoms with E-state index in [-0.39, 0.29) is 16.7 Å². The Balaban J connectivity index is 1.30. The van der Waals surface area contributed by atoms with Crippen LogP contribution in [0.1, 0.15) is 42.4 Å². The number of nitrogens with one attached hydrogen (secondary N) is 1. The predicted molar refractivity (Wildman–Crippen MR) is 163 cm³/mol. The van der Waals surface area contributed by atoms with Gasteiger partial charge in [0.15, 0.2) is 0 Å². The van der Waals surface area contributed by atoms with E-state index in [1.54, 1.807) is 18.2 Å². The van der Waals surface area contributed by atoms with Crippen molar-refractivity contribution >= 4 is 45.0 Å². The molecule has 3 aromatic rings. The van der Waals surface area contributed by atoms with Gasteiger partial charge in [0, 0.05) is 34.2 Å². The molecule has 1 spiro atoms. The Morgan fingerprint density at radius 1 is 1.05 bits per heavy atom. The number of thioether (sulfide) groups is 1. The van der Waals surface area contributed by atoms with E-state index in [1.807, 2.05) is 36.0 Å². The van der Waals surface area contributed by atoms with Crippen molar-refractivity contribution in [2.45, 2.75) is 53.7 Å². The van der Waals surface area contributed by atoms with E-state index in [0.29, 0.717) is 24.2 Å². The normalized spacial score (nSPS) is 27.0. The molecule has 9 heteroatoms. The van der Waals surface area contributed by atoms with Gasteiger partial charge in [0.1, 0.15) is 5.75 Å². The van der Waals surface area contributed by atoms with E-state index in [1.165, 1.54) is 17.5 Å². The molecule has 41 heavy (non-hydrogen) atoms. The van der Waals surface area contributed by atoms with Crippen molar-refractivity contribution in [2.24, 2.45) is 11.8 Å². The molecular weight excluding hydrogens is 576 g/mol. The summed E-state index contributed by atoms with van der Waals surface area (Å²) in [5.74, 6) is 2.26. The quantitative estimate of drug-likeness (QED) is 0.338. The lowest BCUT2D eigenvalue weighted by Crippen LogP contribution is -2.48. The maximum absolute atomic E-state index is 13.4. The number of aryl methyl sites for hydroxylation is 1. The van der Waals surface area contributed by atoms with Crippen LogP contribution >= 0.6 is 23.4 Å². The van der Waals surface area contributed by atoms with Crippen LogP contribution in [0.2, 0.25) is 5.02 Å². The van der Waals surface area contributed by atoms with Crippen LogP contribution in [0.25, 0.3) is 0 Å². The Morgan fingerprint density at radius 2 is 1.93 bits per heavy atom. The van der Waals surface area contributed by atoms with Crippen molar-refractivity contribution in [3.63, 3.8) is 0 Å². The molecule has 4 bridgehead atoms. The van der Waals surface area contributed by atoms with E-state index >= 15 is 0 Å². The standard InChI is InChI=1S/C32H33ClN2O4S2/c33-25-8-10-28-22(15-25)4-2-12-32(28)19-35-17-23-6-7-24(23)18-40-26-5-1-3-21(13-26)14-31(36)34-41(37,38)27-9-11-30(39-20-32)29(35)16-27/h1,3,5,8-11,13,15-16,23-24H,2,4,6-7,12,14,17-20H2,(H,34,36)/t23-,24-,32-/m0/s1. The topological polar surface area (TPSA) is 75.7 Å². The number of sulfonamides is 1. The zero-order chi connectivity index (χ0) is 28.2. The molecule has 1 saturated carbocycles. The molecule has 6 nitrogen and oxygen atoms in total. The highest BCUT2D eigenvalue weighted by Crippen LogP contribution is 2.47. The fourth-order valence-corrected chi connectivity index (χ4v) is 9.47. The second kappa shape index (κ2) is 10.5. The van der Waals surface area contributed by atoms with Gasteiger partial charge in [-0.05, 0) is 103 Å². The molecular formula is C32H33ClN2O4S2. The molecule has 214 valence electrons. The SMILES string of the molecule is O=C1Cc2cccc(c2)SC[C@@H]2CC[C@H]2CN2C[C@@]3(CCCc4cc(Cl)ccc43)COc3ccc(cc32)S(=O)(=O)N1. The van der Waals surface area contributed by atoms with E-state index < -0.39 is 15.9 Å². The van der Waals surface area contributed by atoms with Crippen LogP contribution in [-0.2, 0) is 33.1 Å². The molecule has 0 aromatic heterocycles. The Bertz CT molecular complexity index is 1630. The second-order valence-corrected chi connectivity index (χ2v) is 15.2. The third-order valence-electron chi connectivity index (χ3n) is 9.32. The third kappa shape index (κ3) is 5.23. The largest absolute Gasteiger partial charge is 0.490 e. The average Bonchev–Trinajstić information content (AvgIpc) is 3.07. The highest BCUT2D eigenvalue weighted by Gasteiger charge is 2.43. The van der Waals surface area contributed by atoms with Crippen molar-refractivity contribution in [2.75, 3.05) is 30.3 Å². The molecule has 0 radical (unpaired) electrons. The molecule has 2 aliphatic carbocycles. The number of nitrogens with zero attached hydrogens (tertiary/aromatic N) is 1. The first kappa shape index (κ1) is 27.2. The second-order valence-electron chi connectivity index (χ2n) is 12.0. The van der Waals surface area contributed by atoms with Crippen molar-refractivity contribution in [1.29, 1.82) is 0 Å². The summed E-state index contributed by atoms with van der Waals surface area (Å²) >= 11 is 8.22. The van der Waals surface area contributed by atoms with E-state index in [9.17, 15) is 13.2 Å². The Hall–Kier alpha value is -2.68. The molecule has 3 aromatic carbocycles. The van der Waals surface area contributed by atoms with E-state index in [4.69, 9.17) is 16.3 Å². The van der Waals surface area contributed by atoms with Crippen molar-refractivity contribution < 1.29 is 17.9 Å². The first-order valence-corrected chi connectivity index (χ1v) is 17.2. The Labute approximate surface area is 250 Å². The smallest absolute Gasteiger partial charge is 0.264 e. The average molecular weight is 609 g/mol. The van der Waals surface area contributed by atoms with Crippen molar-refractivity contribution in [3.8, 4) is 5.75 Å². The van der Waals surface area contributed by atoms with Gasteiger partial charge >= 0.3 is 0 Å². The summed E-state index contributed by atoms with van der Waals surface area (Å²) in [6.45, 7) is 2.10. The summed E-state index contributed by atoms with van der Waals surface area (Å²) in [5.41, 5.74) is 3.93. The number of carbonyl (C=O) groups is 1. The predicted octanol–water partition coefficient (Wildman–Crippen LogP) is 5.99. The number of anilines is 1. The van der Waals surface area contributed by atoms with Crippen LogP contribution in [0, 0.1) is 11.8 Å². The number of amides is 1. The minimum atomic E-state index is -4.06. The van der Waals surface area contributed by atoms with Crippen LogP contribution in [0.15, 0.2) is 70.5 Å². The molecule has 1 N–H and O–H groups in total.